The first kappa shape index (κ1) is 17.4. The quantitative estimate of drug-likeness (QED) is 0.591. The first-order valence-electron chi connectivity index (χ1n) is 7.81. The molecule has 1 fully saturated rings. The molecule has 0 radical (unpaired) electrons. The SMILES string of the molecule is CCOC(=O)C[C@H]1C(=O)N(c2ccccc2)C(=S)N1CC(C)C. The molecule has 1 heterocycles. The molecule has 5 nitrogen and oxygen atoms in total. The normalized spacial score (nSPS) is 18.0. The summed E-state index contributed by atoms with van der Waals surface area (Å²) >= 11 is 5.51. The molecule has 1 aromatic rings. The van der Waals surface area contributed by atoms with Crippen LogP contribution in [0.25, 0.3) is 0 Å². The Balaban J connectivity index is 2.29. The highest BCUT2D eigenvalue weighted by Crippen LogP contribution is 2.27. The van der Waals surface area contributed by atoms with Crippen LogP contribution in [-0.2, 0) is 14.3 Å². The predicted octanol–water partition coefficient (Wildman–Crippen LogP) is 2.60. The Morgan fingerprint density at radius 1 is 1.30 bits per heavy atom. The molecule has 0 saturated carbocycles. The van der Waals surface area contributed by atoms with Gasteiger partial charge < -0.3 is 9.64 Å². The molecule has 0 aromatic heterocycles. The third-order valence-corrected chi connectivity index (χ3v) is 3.98. The summed E-state index contributed by atoms with van der Waals surface area (Å²) in [5.41, 5.74) is 0.725. The smallest absolute Gasteiger partial charge is 0.308 e. The third kappa shape index (κ3) is 3.88. The van der Waals surface area contributed by atoms with E-state index in [0.29, 0.717) is 24.2 Å². The zero-order valence-corrected chi connectivity index (χ0v) is 14.5. The number of benzene rings is 1. The Morgan fingerprint density at radius 2 is 1.96 bits per heavy atom. The number of hydrogen-bond donors (Lipinski definition) is 0. The fourth-order valence-corrected chi connectivity index (χ4v) is 3.02. The van der Waals surface area contributed by atoms with E-state index in [2.05, 4.69) is 13.8 Å². The first-order valence-corrected chi connectivity index (χ1v) is 8.21. The van der Waals surface area contributed by atoms with Gasteiger partial charge in [-0.05, 0) is 37.2 Å². The Morgan fingerprint density at radius 3 is 2.52 bits per heavy atom. The second-order valence-electron chi connectivity index (χ2n) is 5.86. The molecule has 0 unspecified atom stereocenters. The van der Waals surface area contributed by atoms with Gasteiger partial charge >= 0.3 is 5.97 Å². The topological polar surface area (TPSA) is 49.9 Å². The molecular weight excluding hydrogens is 312 g/mol. The number of para-hydroxylation sites is 1. The molecule has 1 aliphatic rings. The van der Waals surface area contributed by atoms with Crippen LogP contribution in [-0.4, -0.2) is 41.1 Å². The van der Waals surface area contributed by atoms with Gasteiger partial charge in [-0.25, -0.2) is 0 Å². The van der Waals surface area contributed by atoms with E-state index in [1.54, 1.807) is 6.92 Å². The second-order valence-corrected chi connectivity index (χ2v) is 6.23. The van der Waals surface area contributed by atoms with Crippen LogP contribution in [0, 0.1) is 5.92 Å². The lowest BCUT2D eigenvalue weighted by Gasteiger charge is -2.25. The van der Waals surface area contributed by atoms with Crippen molar-refractivity contribution in [3.8, 4) is 0 Å². The Hall–Kier alpha value is -1.95. The van der Waals surface area contributed by atoms with Crippen LogP contribution in [0.15, 0.2) is 30.3 Å². The molecule has 124 valence electrons. The second kappa shape index (κ2) is 7.55. The molecule has 0 aliphatic carbocycles. The van der Waals surface area contributed by atoms with Crippen molar-refractivity contribution < 1.29 is 14.3 Å². The van der Waals surface area contributed by atoms with Crippen molar-refractivity contribution >= 4 is 34.9 Å². The van der Waals surface area contributed by atoms with Crippen LogP contribution in [0.5, 0.6) is 0 Å². The largest absolute Gasteiger partial charge is 0.466 e. The number of carbonyl (C=O) groups excluding carboxylic acids is 2. The Bertz CT molecular complexity index is 589. The van der Waals surface area contributed by atoms with Crippen molar-refractivity contribution in [1.82, 2.24) is 4.90 Å². The van der Waals surface area contributed by atoms with Gasteiger partial charge in [-0.3, -0.25) is 14.5 Å². The lowest BCUT2D eigenvalue weighted by Crippen LogP contribution is -2.39. The fourth-order valence-electron chi connectivity index (χ4n) is 2.63. The lowest BCUT2D eigenvalue weighted by molar-refractivity contribution is -0.145. The van der Waals surface area contributed by atoms with Crippen LogP contribution in [0.2, 0.25) is 0 Å². The minimum atomic E-state index is -0.593. The molecule has 0 bridgehead atoms. The minimum absolute atomic E-state index is 0.0167. The van der Waals surface area contributed by atoms with Gasteiger partial charge in [0.05, 0.1) is 18.7 Å². The van der Waals surface area contributed by atoms with Crippen LogP contribution >= 0.6 is 12.2 Å². The van der Waals surface area contributed by atoms with Gasteiger partial charge in [-0.2, -0.15) is 0 Å². The van der Waals surface area contributed by atoms with E-state index in [4.69, 9.17) is 17.0 Å². The third-order valence-electron chi connectivity index (χ3n) is 3.56. The molecule has 1 aliphatic heterocycles. The Kier molecular flexibility index (Phi) is 5.71. The highest BCUT2D eigenvalue weighted by molar-refractivity contribution is 7.80. The maximum atomic E-state index is 12.8. The number of thiocarbonyl (C=S) groups is 1. The Labute approximate surface area is 142 Å². The standard InChI is InChI=1S/C17H22N2O3S/c1-4-22-15(20)10-14-16(21)19(13-8-6-5-7-9-13)17(23)18(14)11-12(2)3/h5-9,12,14H,4,10-11H2,1-3H3/t14-/m0/s1. The number of ether oxygens (including phenoxy) is 1. The van der Waals surface area contributed by atoms with Crippen LogP contribution in [0.3, 0.4) is 0 Å². The summed E-state index contributed by atoms with van der Waals surface area (Å²) in [6.45, 7) is 6.79. The number of amides is 1. The number of esters is 1. The van der Waals surface area contributed by atoms with Gasteiger partial charge in [-0.15, -0.1) is 0 Å². The molecule has 1 amide bonds. The summed E-state index contributed by atoms with van der Waals surface area (Å²) in [4.78, 5) is 28.1. The van der Waals surface area contributed by atoms with Crippen molar-refractivity contribution in [1.29, 1.82) is 0 Å². The van der Waals surface area contributed by atoms with Gasteiger partial charge in [0.2, 0.25) is 0 Å². The molecule has 2 rings (SSSR count). The number of rotatable bonds is 6. The molecule has 0 N–H and O–H groups in total. The summed E-state index contributed by atoms with van der Waals surface area (Å²) < 4.78 is 5.00. The molecule has 1 atom stereocenters. The predicted molar refractivity (Wildman–Crippen MR) is 93.1 cm³/mol. The first-order chi connectivity index (χ1) is 11.0. The van der Waals surface area contributed by atoms with Crippen molar-refractivity contribution in [3.05, 3.63) is 30.3 Å². The van der Waals surface area contributed by atoms with Crippen LogP contribution in [0.1, 0.15) is 27.2 Å². The van der Waals surface area contributed by atoms with E-state index in [1.165, 1.54) is 4.90 Å². The van der Waals surface area contributed by atoms with Gasteiger partial charge in [0, 0.05) is 6.54 Å². The molecule has 1 saturated heterocycles. The maximum absolute atomic E-state index is 12.8. The zero-order valence-electron chi connectivity index (χ0n) is 13.7. The minimum Gasteiger partial charge on any atom is -0.466 e. The van der Waals surface area contributed by atoms with Gasteiger partial charge in [0.15, 0.2) is 5.11 Å². The summed E-state index contributed by atoms with van der Waals surface area (Å²) in [6, 6.07) is 8.68. The van der Waals surface area contributed by atoms with Gasteiger partial charge in [0.1, 0.15) is 6.04 Å². The summed E-state index contributed by atoms with van der Waals surface area (Å²) in [7, 11) is 0. The number of anilines is 1. The molecule has 6 heteroatoms. The summed E-state index contributed by atoms with van der Waals surface area (Å²) in [6.07, 6.45) is 0.0167. The number of hydrogen-bond acceptors (Lipinski definition) is 4. The monoisotopic (exact) mass is 334 g/mol. The highest BCUT2D eigenvalue weighted by Gasteiger charge is 2.44. The molecule has 1 aromatic carbocycles. The highest BCUT2D eigenvalue weighted by atomic mass is 32.1. The van der Waals surface area contributed by atoms with Crippen molar-refractivity contribution in [2.24, 2.45) is 5.92 Å². The van der Waals surface area contributed by atoms with E-state index >= 15 is 0 Å². The van der Waals surface area contributed by atoms with E-state index in [1.807, 2.05) is 35.2 Å². The van der Waals surface area contributed by atoms with E-state index < -0.39 is 6.04 Å². The summed E-state index contributed by atoms with van der Waals surface area (Å²) in [5.74, 6) is -0.228. The maximum Gasteiger partial charge on any atom is 0.308 e. The summed E-state index contributed by atoms with van der Waals surface area (Å²) in [5, 5.41) is 0.448. The van der Waals surface area contributed by atoms with Gasteiger partial charge in [0.25, 0.3) is 5.91 Å². The van der Waals surface area contributed by atoms with Crippen LogP contribution < -0.4 is 4.90 Å². The van der Waals surface area contributed by atoms with E-state index in [0.717, 1.165) is 5.69 Å². The van der Waals surface area contributed by atoms with Gasteiger partial charge in [-0.1, -0.05) is 32.0 Å². The van der Waals surface area contributed by atoms with Crippen molar-refractivity contribution in [2.75, 3.05) is 18.1 Å². The zero-order chi connectivity index (χ0) is 17.0. The number of nitrogens with zero attached hydrogens (tertiary/aromatic N) is 2. The molecule has 0 spiro atoms. The lowest BCUT2D eigenvalue weighted by atomic mass is 10.1. The van der Waals surface area contributed by atoms with Crippen molar-refractivity contribution in [3.63, 3.8) is 0 Å². The average molecular weight is 334 g/mol. The fraction of sp³-hybridized carbons (Fsp3) is 0.471. The molecule has 23 heavy (non-hydrogen) atoms. The molecular formula is C17H22N2O3S. The van der Waals surface area contributed by atoms with Crippen molar-refractivity contribution in [2.45, 2.75) is 33.2 Å². The van der Waals surface area contributed by atoms with E-state index in [9.17, 15) is 9.59 Å². The average Bonchev–Trinajstić information content (AvgIpc) is 2.72. The van der Waals surface area contributed by atoms with Crippen LogP contribution in [0.4, 0.5) is 5.69 Å². The van der Waals surface area contributed by atoms with E-state index in [-0.39, 0.29) is 18.3 Å². The number of carbonyl (C=O) groups is 2.